The molecule has 1 N–H and O–H groups in total. The summed E-state index contributed by atoms with van der Waals surface area (Å²) < 4.78 is 5.74. The van der Waals surface area contributed by atoms with Crippen molar-refractivity contribution in [1.29, 1.82) is 0 Å². The predicted molar refractivity (Wildman–Crippen MR) is 127 cm³/mol. The van der Waals surface area contributed by atoms with Crippen LogP contribution in [0.5, 0.6) is 0 Å². The lowest BCUT2D eigenvalue weighted by molar-refractivity contribution is 0.0683. The zero-order valence-electron chi connectivity index (χ0n) is 17.7. The molecule has 0 bridgehead atoms. The number of allylic oxidation sites excluding steroid dienone is 1. The number of aromatic carboxylic acids is 1. The Morgan fingerprint density at radius 1 is 1.09 bits per heavy atom. The Bertz CT molecular complexity index is 1180. The fourth-order valence-electron chi connectivity index (χ4n) is 4.19. The van der Waals surface area contributed by atoms with Crippen molar-refractivity contribution in [2.24, 2.45) is 5.92 Å². The van der Waals surface area contributed by atoms with Crippen LogP contribution >= 0.6 is 23.2 Å². The molecule has 5 rings (SSSR count). The Kier molecular flexibility index (Phi) is 6.08. The van der Waals surface area contributed by atoms with Crippen molar-refractivity contribution in [2.45, 2.75) is 31.6 Å². The maximum Gasteiger partial charge on any atom is 0.373 e. The molecule has 1 saturated heterocycles. The first-order chi connectivity index (χ1) is 16.0. The van der Waals surface area contributed by atoms with Crippen LogP contribution in [0.1, 0.15) is 53.5 Å². The van der Waals surface area contributed by atoms with Gasteiger partial charge in [-0.1, -0.05) is 46.6 Å². The second-order valence-electron chi connectivity index (χ2n) is 8.43. The van der Waals surface area contributed by atoms with Gasteiger partial charge in [-0.05, 0) is 43.7 Å². The molecule has 1 aliphatic carbocycles. The molecule has 3 aromatic rings. The number of carboxylic acids is 1. The first kappa shape index (κ1) is 21.9. The maximum absolute atomic E-state index is 11.0. The Balaban J connectivity index is 1.32. The molecule has 170 valence electrons. The van der Waals surface area contributed by atoms with Gasteiger partial charge in [0.25, 0.3) is 0 Å². The van der Waals surface area contributed by atoms with Gasteiger partial charge in [-0.15, -0.1) is 0 Å². The van der Waals surface area contributed by atoms with Crippen LogP contribution in [0.3, 0.4) is 0 Å². The van der Waals surface area contributed by atoms with Crippen LogP contribution in [-0.4, -0.2) is 39.3 Å². The number of hydrogen-bond donors (Lipinski definition) is 1. The van der Waals surface area contributed by atoms with Gasteiger partial charge in [0.15, 0.2) is 0 Å². The number of anilines is 1. The SMILES string of the molecule is O=C(O)c1ncc(N2CCC(/C=C/c3c(-c4c(Cl)cccc4Cl)noc3C3CC3)CC2)cn1. The third kappa shape index (κ3) is 4.61. The lowest BCUT2D eigenvalue weighted by Crippen LogP contribution is -2.33. The van der Waals surface area contributed by atoms with Crippen LogP contribution in [0.2, 0.25) is 10.0 Å². The minimum absolute atomic E-state index is 0.189. The van der Waals surface area contributed by atoms with Gasteiger partial charge in [-0.2, -0.15) is 0 Å². The highest BCUT2D eigenvalue weighted by Gasteiger charge is 2.32. The Labute approximate surface area is 201 Å². The van der Waals surface area contributed by atoms with Crippen LogP contribution in [0.4, 0.5) is 5.69 Å². The molecule has 2 aromatic heterocycles. The van der Waals surface area contributed by atoms with Crippen molar-refractivity contribution in [3.8, 4) is 11.3 Å². The topological polar surface area (TPSA) is 92.3 Å². The van der Waals surface area contributed by atoms with E-state index in [-0.39, 0.29) is 5.82 Å². The molecule has 0 radical (unpaired) electrons. The smallest absolute Gasteiger partial charge is 0.373 e. The van der Waals surface area contributed by atoms with Gasteiger partial charge in [0, 0.05) is 30.1 Å². The molecule has 1 aliphatic heterocycles. The predicted octanol–water partition coefficient (Wildman–Crippen LogP) is 5.94. The van der Waals surface area contributed by atoms with E-state index in [9.17, 15) is 4.79 Å². The average Bonchev–Trinajstić information content (AvgIpc) is 3.58. The molecule has 1 saturated carbocycles. The maximum atomic E-state index is 11.0. The van der Waals surface area contributed by atoms with Crippen LogP contribution in [0.15, 0.2) is 41.2 Å². The van der Waals surface area contributed by atoms with E-state index in [0.717, 1.165) is 55.8 Å². The van der Waals surface area contributed by atoms with Crippen LogP contribution < -0.4 is 4.90 Å². The highest BCUT2D eigenvalue weighted by molar-refractivity contribution is 6.39. The van der Waals surface area contributed by atoms with Gasteiger partial charge < -0.3 is 14.5 Å². The van der Waals surface area contributed by atoms with E-state index in [1.807, 2.05) is 18.2 Å². The Morgan fingerprint density at radius 3 is 2.36 bits per heavy atom. The first-order valence-corrected chi connectivity index (χ1v) is 11.7. The van der Waals surface area contributed by atoms with E-state index < -0.39 is 5.97 Å². The van der Waals surface area contributed by atoms with Crippen LogP contribution in [-0.2, 0) is 0 Å². The van der Waals surface area contributed by atoms with E-state index in [0.29, 0.717) is 33.1 Å². The Morgan fingerprint density at radius 2 is 1.76 bits per heavy atom. The van der Waals surface area contributed by atoms with Crippen LogP contribution in [0.25, 0.3) is 17.3 Å². The fraction of sp³-hybridized carbons (Fsp3) is 0.333. The van der Waals surface area contributed by atoms with Gasteiger partial charge in [0.05, 0.1) is 28.1 Å². The molecule has 9 heteroatoms. The zero-order chi connectivity index (χ0) is 22.9. The molecule has 1 aromatic carbocycles. The van der Waals surface area contributed by atoms with E-state index in [4.69, 9.17) is 32.8 Å². The van der Waals surface area contributed by atoms with Crippen molar-refractivity contribution in [3.63, 3.8) is 0 Å². The number of carboxylic acid groups (broad SMARTS) is 1. The third-order valence-electron chi connectivity index (χ3n) is 6.17. The number of carbonyl (C=O) groups is 1. The summed E-state index contributed by atoms with van der Waals surface area (Å²) in [5.74, 6) is 0.401. The van der Waals surface area contributed by atoms with Crippen molar-refractivity contribution in [1.82, 2.24) is 15.1 Å². The average molecular weight is 485 g/mol. The normalized spacial score (nSPS) is 17.1. The molecular weight excluding hydrogens is 463 g/mol. The number of aromatic nitrogens is 3. The first-order valence-electron chi connectivity index (χ1n) is 10.9. The quantitative estimate of drug-likeness (QED) is 0.462. The van der Waals surface area contributed by atoms with Gasteiger partial charge in [-0.25, -0.2) is 14.8 Å². The standard InChI is InChI=1S/C24H22Cl2N4O3/c25-18-2-1-3-19(26)20(18)21-17(22(33-29-21)15-5-6-15)7-4-14-8-10-30(11-9-14)16-12-27-23(24(31)32)28-13-16/h1-4,7,12-15H,5-6,8-11H2,(H,31,32)/b7-4+. The summed E-state index contributed by atoms with van der Waals surface area (Å²) in [6.45, 7) is 1.68. The second kappa shape index (κ2) is 9.15. The Hall–Kier alpha value is -2.90. The summed E-state index contributed by atoms with van der Waals surface area (Å²) in [4.78, 5) is 21.0. The monoisotopic (exact) mass is 484 g/mol. The number of benzene rings is 1. The lowest BCUT2D eigenvalue weighted by Gasteiger charge is -2.32. The third-order valence-corrected chi connectivity index (χ3v) is 6.80. The number of nitrogens with zero attached hydrogens (tertiary/aromatic N) is 4. The molecular formula is C24H22Cl2N4O3. The number of rotatable bonds is 6. The molecule has 0 amide bonds. The molecule has 0 spiro atoms. The summed E-state index contributed by atoms with van der Waals surface area (Å²) in [5, 5.41) is 14.4. The molecule has 33 heavy (non-hydrogen) atoms. The van der Waals surface area contributed by atoms with E-state index in [1.165, 1.54) is 0 Å². The van der Waals surface area contributed by atoms with Crippen LogP contribution in [0, 0.1) is 5.92 Å². The van der Waals surface area contributed by atoms with Gasteiger partial charge in [0.2, 0.25) is 5.82 Å². The number of hydrogen-bond acceptors (Lipinski definition) is 6. The second-order valence-corrected chi connectivity index (χ2v) is 9.25. The van der Waals surface area contributed by atoms with Gasteiger partial charge >= 0.3 is 5.97 Å². The number of piperidine rings is 1. The van der Waals surface area contributed by atoms with Gasteiger partial charge in [0.1, 0.15) is 11.5 Å². The van der Waals surface area contributed by atoms with Crippen molar-refractivity contribution in [3.05, 3.63) is 63.9 Å². The minimum Gasteiger partial charge on any atom is -0.475 e. The van der Waals surface area contributed by atoms with E-state index >= 15 is 0 Å². The molecule has 0 unspecified atom stereocenters. The number of halogens is 2. The highest BCUT2D eigenvalue weighted by Crippen LogP contribution is 2.46. The molecule has 2 aliphatic rings. The highest BCUT2D eigenvalue weighted by atomic mass is 35.5. The van der Waals surface area contributed by atoms with Gasteiger partial charge in [-0.3, -0.25) is 0 Å². The summed E-state index contributed by atoms with van der Waals surface area (Å²) in [7, 11) is 0. The van der Waals surface area contributed by atoms with E-state index in [1.54, 1.807) is 12.4 Å². The lowest BCUT2D eigenvalue weighted by atomic mass is 9.94. The van der Waals surface area contributed by atoms with Crippen molar-refractivity contribution < 1.29 is 14.4 Å². The van der Waals surface area contributed by atoms with Crippen molar-refractivity contribution in [2.75, 3.05) is 18.0 Å². The molecule has 2 fully saturated rings. The largest absolute Gasteiger partial charge is 0.475 e. The summed E-state index contributed by atoms with van der Waals surface area (Å²) in [5.41, 5.74) is 3.20. The summed E-state index contributed by atoms with van der Waals surface area (Å²) in [6.07, 6.45) is 11.6. The van der Waals surface area contributed by atoms with E-state index in [2.05, 4.69) is 32.2 Å². The fourth-order valence-corrected chi connectivity index (χ4v) is 4.77. The van der Waals surface area contributed by atoms with Crippen molar-refractivity contribution >= 4 is 40.9 Å². The summed E-state index contributed by atoms with van der Waals surface area (Å²) >= 11 is 12.9. The molecule has 3 heterocycles. The summed E-state index contributed by atoms with van der Waals surface area (Å²) in [6, 6.07) is 5.44. The molecule has 0 atom stereocenters. The molecule has 7 nitrogen and oxygen atoms in total. The minimum atomic E-state index is -1.12. The zero-order valence-corrected chi connectivity index (χ0v) is 19.3.